The molecule has 45 heavy (non-hydrogen) atoms. The van der Waals surface area contributed by atoms with Gasteiger partial charge in [0.2, 0.25) is 0 Å². The minimum absolute atomic E-state index is 0.142. The number of rotatable bonds is 8. The van der Waals surface area contributed by atoms with Crippen molar-refractivity contribution in [2.24, 2.45) is 0 Å². The van der Waals surface area contributed by atoms with E-state index < -0.39 is 19.2 Å². The summed E-state index contributed by atoms with van der Waals surface area (Å²) in [4.78, 5) is 0. The van der Waals surface area contributed by atoms with Gasteiger partial charge in [0.05, 0.1) is 0 Å². The van der Waals surface area contributed by atoms with Crippen molar-refractivity contribution in [3.05, 3.63) is 191 Å². The summed E-state index contributed by atoms with van der Waals surface area (Å²) in [6.45, 7) is 0.879. The van der Waals surface area contributed by atoms with Crippen LogP contribution in [0.4, 0.5) is 0 Å². The SMILES string of the molecule is c1ccc(C[O][Sn]([O]Cc2ccccc2)([CH]2c3ccccc3Oc3ccccc32)[CH]2c3ccccc3Oc3ccccc32)cc1. The Hall–Kier alpha value is -4.36. The van der Waals surface area contributed by atoms with Gasteiger partial charge in [0.15, 0.2) is 0 Å². The Balaban J connectivity index is 1.42. The van der Waals surface area contributed by atoms with Crippen molar-refractivity contribution in [2.45, 2.75) is 21.1 Å². The second-order valence-electron chi connectivity index (χ2n) is 11.5. The van der Waals surface area contributed by atoms with Crippen molar-refractivity contribution < 1.29 is 15.6 Å². The second-order valence-corrected chi connectivity index (χ2v) is 20.6. The first-order valence-electron chi connectivity index (χ1n) is 15.4. The monoisotopic (exact) mass is 696 g/mol. The van der Waals surface area contributed by atoms with Crippen molar-refractivity contribution in [3.8, 4) is 23.0 Å². The van der Waals surface area contributed by atoms with Crippen molar-refractivity contribution in [3.63, 3.8) is 0 Å². The molecule has 6 aromatic rings. The molecule has 6 aromatic carbocycles. The normalized spacial score (nSPS) is 13.9. The van der Waals surface area contributed by atoms with E-state index in [0.29, 0.717) is 13.2 Å². The van der Waals surface area contributed by atoms with Crippen LogP contribution in [0.2, 0.25) is 0 Å². The molecule has 0 saturated heterocycles. The summed E-state index contributed by atoms with van der Waals surface area (Å²) in [7, 11) is 0. The molecule has 4 nitrogen and oxygen atoms in total. The van der Waals surface area contributed by atoms with Gasteiger partial charge in [-0.15, -0.1) is 0 Å². The van der Waals surface area contributed by atoms with Gasteiger partial charge in [0.25, 0.3) is 0 Å². The van der Waals surface area contributed by atoms with Crippen LogP contribution in [0.3, 0.4) is 0 Å². The number of fused-ring (bicyclic) bond motifs is 4. The summed E-state index contributed by atoms with van der Waals surface area (Å²) in [5.41, 5.74) is 6.65. The average Bonchev–Trinajstić information content (AvgIpc) is 3.11. The van der Waals surface area contributed by atoms with Crippen LogP contribution in [0.5, 0.6) is 23.0 Å². The van der Waals surface area contributed by atoms with Gasteiger partial charge in [0.1, 0.15) is 0 Å². The fourth-order valence-corrected chi connectivity index (χ4v) is 19.8. The second kappa shape index (κ2) is 12.2. The molecule has 0 unspecified atom stereocenters. The molecule has 0 N–H and O–H groups in total. The summed E-state index contributed by atoms with van der Waals surface area (Å²) in [6.07, 6.45) is 0. The van der Waals surface area contributed by atoms with Crippen LogP contribution in [0.15, 0.2) is 158 Å². The summed E-state index contributed by atoms with van der Waals surface area (Å²) < 4.78 is 28.1. The predicted octanol–water partition coefficient (Wildman–Crippen LogP) is 9.82. The Labute approximate surface area is 268 Å². The molecule has 0 radical (unpaired) electrons. The van der Waals surface area contributed by atoms with E-state index in [1.807, 2.05) is 36.4 Å². The van der Waals surface area contributed by atoms with Gasteiger partial charge < -0.3 is 0 Å². The predicted molar refractivity (Wildman–Crippen MR) is 178 cm³/mol. The van der Waals surface area contributed by atoms with Crippen LogP contribution in [0.25, 0.3) is 0 Å². The molecule has 2 aliphatic heterocycles. The maximum absolute atomic E-state index is 7.62. The van der Waals surface area contributed by atoms with E-state index in [1.54, 1.807) is 0 Å². The van der Waals surface area contributed by atoms with Crippen LogP contribution in [0, 0.1) is 0 Å². The summed E-state index contributed by atoms with van der Waals surface area (Å²) in [5.74, 6) is 3.40. The van der Waals surface area contributed by atoms with Crippen LogP contribution in [-0.4, -0.2) is 19.2 Å². The molecule has 2 aliphatic rings. The minimum atomic E-state index is -4.69. The van der Waals surface area contributed by atoms with Crippen LogP contribution in [-0.2, 0) is 19.4 Å². The van der Waals surface area contributed by atoms with Gasteiger partial charge in [0, 0.05) is 0 Å². The first-order valence-corrected chi connectivity index (χ1v) is 21.0. The maximum atomic E-state index is 7.62. The Morgan fingerprint density at radius 3 is 1.00 bits per heavy atom. The zero-order valence-corrected chi connectivity index (χ0v) is 27.6. The third-order valence-corrected chi connectivity index (χ3v) is 20.3. The van der Waals surface area contributed by atoms with Crippen molar-refractivity contribution in [1.82, 2.24) is 0 Å². The van der Waals surface area contributed by atoms with E-state index in [0.717, 1.165) is 56.4 Å². The zero-order valence-electron chi connectivity index (χ0n) is 24.7. The Morgan fingerprint density at radius 2 is 0.667 bits per heavy atom. The number of benzene rings is 6. The van der Waals surface area contributed by atoms with Gasteiger partial charge in [-0.05, 0) is 0 Å². The molecule has 0 spiro atoms. The van der Waals surface area contributed by atoms with Gasteiger partial charge in [-0.25, -0.2) is 0 Å². The van der Waals surface area contributed by atoms with E-state index >= 15 is 0 Å². The van der Waals surface area contributed by atoms with E-state index in [1.165, 1.54) is 0 Å². The molecule has 0 amide bonds. The molecular formula is C40H32O4Sn. The first-order chi connectivity index (χ1) is 22.3. The molecule has 0 aliphatic carbocycles. The summed E-state index contributed by atoms with van der Waals surface area (Å²) in [6, 6.07) is 54.4. The number of hydrogen-bond donors (Lipinski definition) is 0. The van der Waals surface area contributed by atoms with Crippen LogP contribution >= 0.6 is 0 Å². The van der Waals surface area contributed by atoms with E-state index in [9.17, 15) is 0 Å². The number of para-hydroxylation sites is 4. The molecule has 2 heterocycles. The number of hydrogen-bond acceptors (Lipinski definition) is 4. The molecule has 0 fully saturated rings. The fourth-order valence-electron chi connectivity index (χ4n) is 6.77. The van der Waals surface area contributed by atoms with E-state index in [2.05, 4.69) is 121 Å². The van der Waals surface area contributed by atoms with Gasteiger partial charge >= 0.3 is 270 Å². The molecular weight excluding hydrogens is 663 g/mol. The van der Waals surface area contributed by atoms with Gasteiger partial charge in [-0.3, -0.25) is 0 Å². The van der Waals surface area contributed by atoms with Crippen molar-refractivity contribution in [1.29, 1.82) is 0 Å². The average molecular weight is 695 g/mol. The zero-order chi connectivity index (χ0) is 30.1. The summed E-state index contributed by atoms with van der Waals surface area (Å²) in [5, 5.41) is 0. The summed E-state index contributed by atoms with van der Waals surface area (Å²) >= 11 is -4.69. The van der Waals surface area contributed by atoms with Gasteiger partial charge in [-0.1, -0.05) is 0 Å². The molecule has 8 rings (SSSR count). The topological polar surface area (TPSA) is 36.9 Å². The fraction of sp³-hybridized carbons (Fsp3) is 0.100. The Kier molecular flexibility index (Phi) is 7.63. The number of ether oxygens (including phenoxy) is 2. The van der Waals surface area contributed by atoms with E-state index in [-0.39, 0.29) is 7.87 Å². The molecule has 0 saturated carbocycles. The molecule has 0 aromatic heterocycles. The van der Waals surface area contributed by atoms with Crippen molar-refractivity contribution in [2.75, 3.05) is 0 Å². The molecule has 0 atom stereocenters. The molecule has 5 heteroatoms. The van der Waals surface area contributed by atoms with Crippen molar-refractivity contribution >= 4 is 19.2 Å². The van der Waals surface area contributed by atoms with Crippen LogP contribution in [0.1, 0.15) is 41.2 Å². The third-order valence-electron chi connectivity index (χ3n) is 8.78. The van der Waals surface area contributed by atoms with Crippen LogP contribution < -0.4 is 9.47 Å². The quantitative estimate of drug-likeness (QED) is 0.149. The molecule has 0 bridgehead atoms. The van der Waals surface area contributed by atoms with Gasteiger partial charge in [-0.2, -0.15) is 0 Å². The third kappa shape index (κ3) is 5.23. The van der Waals surface area contributed by atoms with E-state index in [4.69, 9.17) is 15.6 Å². The Morgan fingerprint density at radius 1 is 0.378 bits per heavy atom. The standard InChI is InChI=1S/2C13H9O.2C7H7O.Sn/c2*1-3-7-12-10(5-1)9-11-6-2-4-8-13(11)14-12;2*8-6-7-4-2-1-3-5-7;/h2*1-9H;2*1-5H,6H2;/q;;2*-1;+2. The first kappa shape index (κ1) is 28.1. The Bertz CT molecular complexity index is 1710. The molecule has 220 valence electrons.